The minimum atomic E-state index is -4.64. The summed E-state index contributed by atoms with van der Waals surface area (Å²) < 4.78 is 37.8. The molecule has 0 aromatic heterocycles. The van der Waals surface area contributed by atoms with Gasteiger partial charge in [-0.05, 0) is 29.5 Å². The monoisotopic (exact) mass is 260 g/mol. The van der Waals surface area contributed by atoms with Crippen molar-refractivity contribution in [1.29, 1.82) is 0 Å². The Kier molecular flexibility index (Phi) is 3.74. The average molecular weight is 260 g/mol. The van der Waals surface area contributed by atoms with Gasteiger partial charge in [-0.25, -0.2) is 4.79 Å². The van der Waals surface area contributed by atoms with Crippen LogP contribution in [0.15, 0.2) is 18.2 Å². The predicted octanol–water partition coefficient (Wildman–Crippen LogP) is 3.99. The van der Waals surface area contributed by atoms with Crippen molar-refractivity contribution in [2.75, 3.05) is 0 Å². The molecule has 0 amide bonds. The molecule has 18 heavy (non-hydrogen) atoms. The second-order valence-corrected chi connectivity index (χ2v) is 5.42. The molecule has 0 radical (unpaired) electrons. The highest BCUT2D eigenvalue weighted by molar-refractivity contribution is 5.89. The van der Waals surface area contributed by atoms with Gasteiger partial charge in [0.05, 0.1) is 11.1 Å². The van der Waals surface area contributed by atoms with Gasteiger partial charge in [-0.3, -0.25) is 0 Å². The third kappa shape index (κ3) is 3.75. The minimum absolute atomic E-state index is 0.116. The number of hydrogen-bond donors (Lipinski definition) is 1. The number of carboxylic acids is 1. The second-order valence-electron chi connectivity index (χ2n) is 5.42. The first-order valence-corrected chi connectivity index (χ1v) is 5.44. The highest BCUT2D eigenvalue weighted by Gasteiger charge is 2.35. The molecule has 0 aliphatic rings. The van der Waals surface area contributed by atoms with Crippen LogP contribution in [0.5, 0.6) is 0 Å². The lowest BCUT2D eigenvalue weighted by Crippen LogP contribution is -2.15. The first-order chi connectivity index (χ1) is 8.00. The van der Waals surface area contributed by atoms with Crippen molar-refractivity contribution in [3.05, 3.63) is 34.9 Å². The number of halogens is 3. The van der Waals surface area contributed by atoms with E-state index in [1.54, 1.807) is 0 Å². The summed E-state index contributed by atoms with van der Waals surface area (Å²) in [5.74, 6) is -1.56. The van der Waals surface area contributed by atoms with Gasteiger partial charge in [-0.1, -0.05) is 26.8 Å². The summed E-state index contributed by atoms with van der Waals surface area (Å²) in [4.78, 5) is 10.9. The zero-order valence-corrected chi connectivity index (χ0v) is 10.4. The van der Waals surface area contributed by atoms with E-state index in [9.17, 15) is 18.0 Å². The Morgan fingerprint density at radius 3 is 2.17 bits per heavy atom. The number of hydrogen-bond acceptors (Lipinski definition) is 1. The zero-order valence-electron chi connectivity index (χ0n) is 10.4. The first-order valence-electron chi connectivity index (χ1n) is 5.44. The highest BCUT2D eigenvalue weighted by atomic mass is 19.4. The van der Waals surface area contributed by atoms with Crippen molar-refractivity contribution in [2.24, 2.45) is 5.41 Å². The van der Waals surface area contributed by atoms with Gasteiger partial charge in [0, 0.05) is 0 Å². The SMILES string of the molecule is CC(C)(C)Cc1ccc(C(F)(F)F)c(C(=O)O)c1. The largest absolute Gasteiger partial charge is 0.478 e. The summed E-state index contributed by atoms with van der Waals surface area (Å²) in [6, 6.07) is 3.28. The van der Waals surface area contributed by atoms with Gasteiger partial charge in [0.2, 0.25) is 0 Å². The number of aromatic carboxylic acids is 1. The van der Waals surface area contributed by atoms with Crippen molar-refractivity contribution in [1.82, 2.24) is 0 Å². The van der Waals surface area contributed by atoms with Crippen LogP contribution in [0.3, 0.4) is 0 Å². The maximum Gasteiger partial charge on any atom is 0.417 e. The smallest absolute Gasteiger partial charge is 0.417 e. The molecule has 100 valence electrons. The van der Waals surface area contributed by atoms with Crippen LogP contribution in [0.25, 0.3) is 0 Å². The van der Waals surface area contributed by atoms with E-state index in [0.717, 1.165) is 12.1 Å². The molecule has 0 saturated carbocycles. The van der Waals surface area contributed by atoms with Gasteiger partial charge >= 0.3 is 12.1 Å². The summed E-state index contributed by atoms with van der Waals surface area (Å²) in [7, 11) is 0. The average Bonchev–Trinajstić information content (AvgIpc) is 2.12. The molecule has 0 spiro atoms. The molecule has 1 N–H and O–H groups in total. The van der Waals surface area contributed by atoms with E-state index in [4.69, 9.17) is 5.11 Å². The molecule has 0 heterocycles. The fourth-order valence-electron chi connectivity index (χ4n) is 1.74. The van der Waals surface area contributed by atoms with Crippen molar-refractivity contribution < 1.29 is 23.1 Å². The van der Waals surface area contributed by atoms with Crippen LogP contribution in [-0.4, -0.2) is 11.1 Å². The molecule has 0 aliphatic heterocycles. The predicted molar refractivity (Wildman–Crippen MR) is 61.6 cm³/mol. The Hall–Kier alpha value is -1.52. The number of carbonyl (C=O) groups is 1. The van der Waals surface area contributed by atoms with Crippen LogP contribution in [0.2, 0.25) is 0 Å². The minimum Gasteiger partial charge on any atom is -0.478 e. The van der Waals surface area contributed by atoms with Crippen LogP contribution in [-0.2, 0) is 12.6 Å². The molecule has 1 aromatic carbocycles. The third-order valence-electron chi connectivity index (χ3n) is 2.35. The lowest BCUT2D eigenvalue weighted by atomic mass is 9.87. The van der Waals surface area contributed by atoms with Crippen molar-refractivity contribution >= 4 is 5.97 Å². The van der Waals surface area contributed by atoms with Gasteiger partial charge in [0.25, 0.3) is 0 Å². The Morgan fingerprint density at radius 1 is 1.22 bits per heavy atom. The highest BCUT2D eigenvalue weighted by Crippen LogP contribution is 2.33. The Balaban J connectivity index is 3.24. The fraction of sp³-hybridized carbons (Fsp3) is 0.462. The van der Waals surface area contributed by atoms with Crippen LogP contribution < -0.4 is 0 Å². The van der Waals surface area contributed by atoms with E-state index >= 15 is 0 Å². The summed E-state index contributed by atoms with van der Waals surface area (Å²) in [5.41, 5.74) is -1.32. The maximum absolute atomic E-state index is 12.6. The number of alkyl halides is 3. The Labute approximate surface area is 103 Å². The Morgan fingerprint density at radius 2 is 1.78 bits per heavy atom. The standard InChI is InChI=1S/C13H15F3O2/c1-12(2,3)7-8-4-5-10(13(14,15)16)9(6-8)11(17)18/h4-6H,7H2,1-3H3,(H,17,18). The third-order valence-corrected chi connectivity index (χ3v) is 2.35. The van der Waals surface area contributed by atoms with Crippen molar-refractivity contribution in [2.45, 2.75) is 33.4 Å². The number of benzene rings is 1. The Bertz CT molecular complexity index is 456. The molecule has 0 saturated heterocycles. The van der Waals surface area contributed by atoms with E-state index in [2.05, 4.69) is 0 Å². The zero-order chi connectivity index (χ0) is 14.1. The summed E-state index contributed by atoms with van der Waals surface area (Å²) >= 11 is 0. The van der Waals surface area contributed by atoms with Crippen LogP contribution in [0.4, 0.5) is 13.2 Å². The van der Waals surface area contributed by atoms with E-state index in [1.165, 1.54) is 6.07 Å². The van der Waals surface area contributed by atoms with Crippen LogP contribution in [0, 0.1) is 5.41 Å². The molecule has 0 aliphatic carbocycles. The topological polar surface area (TPSA) is 37.3 Å². The second kappa shape index (κ2) is 4.63. The number of rotatable bonds is 2. The summed E-state index contributed by atoms with van der Waals surface area (Å²) in [5, 5.41) is 8.85. The molecule has 0 bridgehead atoms. The van der Waals surface area contributed by atoms with Gasteiger partial charge in [0.15, 0.2) is 0 Å². The molecule has 1 aromatic rings. The van der Waals surface area contributed by atoms with Gasteiger partial charge < -0.3 is 5.11 Å². The number of carboxylic acid groups (broad SMARTS) is 1. The summed E-state index contributed by atoms with van der Waals surface area (Å²) in [6.45, 7) is 5.81. The van der Waals surface area contributed by atoms with E-state index < -0.39 is 23.3 Å². The molecule has 5 heteroatoms. The maximum atomic E-state index is 12.6. The quantitative estimate of drug-likeness (QED) is 0.872. The molecule has 1 rings (SSSR count). The van der Waals surface area contributed by atoms with Crippen molar-refractivity contribution in [3.63, 3.8) is 0 Å². The summed E-state index contributed by atoms with van der Waals surface area (Å²) in [6.07, 6.45) is -4.13. The lowest BCUT2D eigenvalue weighted by molar-refractivity contribution is -0.138. The van der Waals surface area contributed by atoms with Gasteiger partial charge in [-0.15, -0.1) is 0 Å². The van der Waals surface area contributed by atoms with E-state index in [1.807, 2.05) is 20.8 Å². The molecule has 2 nitrogen and oxygen atoms in total. The van der Waals surface area contributed by atoms with Crippen LogP contribution in [0.1, 0.15) is 42.3 Å². The normalized spacial score (nSPS) is 12.6. The molecular weight excluding hydrogens is 245 g/mol. The van der Waals surface area contributed by atoms with Crippen molar-refractivity contribution in [3.8, 4) is 0 Å². The molecular formula is C13H15F3O2. The molecule has 0 fully saturated rings. The van der Waals surface area contributed by atoms with Crippen LogP contribution >= 0.6 is 0 Å². The molecule has 0 atom stereocenters. The molecule has 0 unspecified atom stereocenters. The van der Waals surface area contributed by atoms with Gasteiger partial charge in [0.1, 0.15) is 0 Å². The lowest BCUT2D eigenvalue weighted by Gasteiger charge is -2.19. The first kappa shape index (κ1) is 14.5. The van der Waals surface area contributed by atoms with E-state index in [0.29, 0.717) is 12.0 Å². The fourth-order valence-corrected chi connectivity index (χ4v) is 1.74. The van der Waals surface area contributed by atoms with Gasteiger partial charge in [-0.2, -0.15) is 13.2 Å². The van der Waals surface area contributed by atoms with E-state index in [-0.39, 0.29) is 5.41 Å².